The molecule has 0 aromatic heterocycles. The van der Waals surface area contributed by atoms with E-state index in [1.807, 2.05) is 13.8 Å². The summed E-state index contributed by atoms with van der Waals surface area (Å²) in [5.41, 5.74) is 3.42. The van der Waals surface area contributed by atoms with Crippen LogP contribution in [0.1, 0.15) is 47.2 Å². The number of alkyl halides is 1. The summed E-state index contributed by atoms with van der Waals surface area (Å²) in [5.74, 6) is 0.746. The van der Waals surface area contributed by atoms with Crippen molar-refractivity contribution in [3.05, 3.63) is 34.6 Å². The van der Waals surface area contributed by atoms with Crippen molar-refractivity contribution in [3.8, 4) is 0 Å². The first-order valence-corrected chi connectivity index (χ1v) is 6.90. The number of halogens is 2. The molecule has 0 nitrogen and oxygen atoms in total. The summed E-state index contributed by atoms with van der Waals surface area (Å²) in [6.45, 7) is 4.00. The van der Waals surface area contributed by atoms with Gasteiger partial charge in [-0.2, -0.15) is 0 Å². The first-order valence-electron chi connectivity index (χ1n) is 5.98. The molecule has 0 aliphatic heterocycles. The van der Waals surface area contributed by atoms with Crippen LogP contribution in [0.2, 0.25) is 0 Å². The molecule has 1 aromatic rings. The second kappa shape index (κ2) is 4.87. The lowest BCUT2D eigenvalue weighted by molar-refractivity contribution is 0.295. The third-order valence-corrected chi connectivity index (χ3v) is 4.47. The molecule has 1 aliphatic rings. The zero-order valence-corrected chi connectivity index (χ0v) is 11.5. The topological polar surface area (TPSA) is 0 Å². The van der Waals surface area contributed by atoms with Crippen molar-refractivity contribution in [1.29, 1.82) is 0 Å². The van der Waals surface area contributed by atoms with Gasteiger partial charge < -0.3 is 0 Å². The number of benzene rings is 1. The van der Waals surface area contributed by atoms with Gasteiger partial charge in [-0.15, -0.1) is 0 Å². The third kappa shape index (κ3) is 2.48. The SMILES string of the molecule is Cc1cc(F)cc(C)c1C(Br)CC1CCC1. The third-order valence-electron chi connectivity index (χ3n) is 3.64. The molecule has 2 rings (SSSR count). The molecule has 1 saturated carbocycles. The number of aryl methyl sites for hydroxylation is 2. The Labute approximate surface area is 105 Å². The fourth-order valence-electron chi connectivity index (χ4n) is 2.55. The predicted molar refractivity (Wildman–Crippen MR) is 69.5 cm³/mol. The van der Waals surface area contributed by atoms with E-state index in [1.165, 1.54) is 31.2 Å². The Bertz CT molecular complexity index is 359. The van der Waals surface area contributed by atoms with Crippen LogP contribution in [0.15, 0.2) is 12.1 Å². The maximum atomic E-state index is 13.2. The first kappa shape index (κ1) is 12.1. The monoisotopic (exact) mass is 284 g/mol. The quantitative estimate of drug-likeness (QED) is 0.680. The van der Waals surface area contributed by atoms with Crippen LogP contribution in [0.25, 0.3) is 0 Å². The van der Waals surface area contributed by atoms with Gasteiger partial charge in [-0.3, -0.25) is 0 Å². The Morgan fingerprint density at radius 2 is 1.88 bits per heavy atom. The average molecular weight is 285 g/mol. The number of hydrogen-bond donors (Lipinski definition) is 0. The lowest BCUT2D eigenvalue weighted by Gasteiger charge is -2.28. The predicted octanol–water partition coefficient (Wildman–Crippen LogP) is 5.07. The fraction of sp³-hybridized carbons (Fsp3) is 0.571. The summed E-state index contributed by atoms with van der Waals surface area (Å²) in [7, 11) is 0. The Balaban J connectivity index is 2.17. The van der Waals surface area contributed by atoms with Crippen molar-refractivity contribution in [1.82, 2.24) is 0 Å². The van der Waals surface area contributed by atoms with E-state index in [9.17, 15) is 4.39 Å². The summed E-state index contributed by atoms with van der Waals surface area (Å²) >= 11 is 3.77. The average Bonchev–Trinajstić information content (AvgIpc) is 2.09. The van der Waals surface area contributed by atoms with E-state index in [1.54, 1.807) is 12.1 Å². The maximum absolute atomic E-state index is 13.2. The summed E-state index contributed by atoms with van der Waals surface area (Å²) in [5, 5.41) is 0. The van der Waals surface area contributed by atoms with E-state index in [0.29, 0.717) is 4.83 Å². The van der Waals surface area contributed by atoms with Crippen LogP contribution >= 0.6 is 15.9 Å². The minimum Gasteiger partial charge on any atom is -0.207 e. The summed E-state index contributed by atoms with van der Waals surface area (Å²) in [6, 6.07) is 3.27. The second-order valence-corrected chi connectivity index (χ2v) is 6.06. The van der Waals surface area contributed by atoms with E-state index in [-0.39, 0.29) is 5.82 Å². The zero-order valence-electron chi connectivity index (χ0n) is 9.89. The lowest BCUT2D eigenvalue weighted by atomic mass is 9.80. The highest BCUT2D eigenvalue weighted by Crippen LogP contribution is 2.40. The van der Waals surface area contributed by atoms with Gasteiger partial charge in [-0.05, 0) is 55.0 Å². The Hall–Kier alpha value is -0.370. The van der Waals surface area contributed by atoms with E-state index >= 15 is 0 Å². The van der Waals surface area contributed by atoms with Crippen LogP contribution in [0.4, 0.5) is 4.39 Å². The van der Waals surface area contributed by atoms with Crippen LogP contribution in [0, 0.1) is 25.6 Å². The highest BCUT2D eigenvalue weighted by atomic mass is 79.9. The molecular formula is C14H18BrF. The smallest absolute Gasteiger partial charge is 0.123 e. The molecule has 0 N–H and O–H groups in total. The molecule has 0 amide bonds. The number of rotatable bonds is 3. The van der Waals surface area contributed by atoms with Gasteiger partial charge >= 0.3 is 0 Å². The minimum atomic E-state index is -0.123. The molecule has 1 unspecified atom stereocenters. The van der Waals surface area contributed by atoms with Crippen LogP contribution in [0.3, 0.4) is 0 Å². The van der Waals surface area contributed by atoms with E-state index in [0.717, 1.165) is 17.0 Å². The van der Waals surface area contributed by atoms with E-state index in [2.05, 4.69) is 15.9 Å². The van der Waals surface area contributed by atoms with Gasteiger partial charge in [-0.1, -0.05) is 35.2 Å². The molecule has 0 heterocycles. The summed E-state index contributed by atoms with van der Waals surface area (Å²) < 4.78 is 13.2. The van der Waals surface area contributed by atoms with Crippen LogP contribution in [0.5, 0.6) is 0 Å². The lowest BCUT2D eigenvalue weighted by Crippen LogP contribution is -2.13. The molecule has 0 saturated heterocycles. The molecular weight excluding hydrogens is 267 g/mol. The molecule has 0 bridgehead atoms. The van der Waals surface area contributed by atoms with Gasteiger partial charge in [0.05, 0.1) is 0 Å². The number of hydrogen-bond acceptors (Lipinski definition) is 0. The summed E-state index contributed by atoms with van der Waals surface area (Å²) in [6.07, 6.45) is 5.29. The Morgan fingerprint density at radius 3 is 2.31 bits per heavy atom. The summed E-state index contributed by atoms with van der Waals surface area (Å²) in [4.78, 5) is 0.387. The van der Waals surface area contributed by atoms with Crippen molar-refractivity contribution in [2.24, 2.45) is 5.92 Å². The molecule has 1 aromatic carbocycles. The van der Waals surface area contributed by atoms with Gasteiger partial charge in [0, 0.05) is 4.83 Å². The van der Waals surface area contributed by atoms with Gasteiger partial charge in [-0.25, -0.2) is 4.39 Å². The van der Waals surface area contributed by atoms with E-state index in [4.69, 9.17) is 0 Å². The zero-order chi connectivity index (χ0) is 11.7. The molecule has 0 spiro atoms. The molecule has 1 fully saturated rings. The fourth-order valence-corrected chi connectivity index (χ4v) is 3.81. The Kier molecular flexibility index (Phi) is 3.68. The molecule has 0 radical (unpaired) electrons. The van der Waals surface area contributed by atoms with Crippen molar-refractivity contribution < 1.29 is 4.39 Å². The molecule has 1 aliphatic carbocycles. The largest absolute Gasteiger partial charge is 0.207 e. The molecule has 1 atom stereocenters. The second-order valence-electron chi connectivity index (χ2n) is 4.95. The molecule has 88 valence electrons. The van der Waals surface area contributed by atoms with Gasteiger partial charge in [0.2, 0.25) is 0 Å². The van der Waals surface area contributed by atoms with Crippen LogP contribution in [-0.2, 0) is 0 Å². The van der Waals surface area contributed by atoms with Gasteiger partial charge in [0.15, 0.2) is 0 Å². The maximum Gasteiger partial charge on any atom is 0.123 e. The van der Waals surface area contributed by atoms with Crippen molar-refractivity contribution in [3.63, 3.8) is 0 Å². The highest BCUT2D eigenvalue weighted by Gasteiger charge is 2.23. The Morgan fingerprint density at radius 1 is 1.31 bits per heavy atom. The van der Waals surface area contributed by atoms with Crippen molar-refractivity contribution >= 4 is 15.9 Å². The normalized spacial score (nSPS) is 18.2. The molecule has 2 heteroatoms. The van der Waals surface area contributed by atoms with Crippen molar-refractivity contribution in [2.75, 3.05) is 0 Å². The van der Waals surface area contributed by atoms with Crippen LogP contribution in [-0.4, -0.2) is 0 Å². The van der Waals surface area contributed by atoms with Gasteiger partial charge in [0.1, 0.15) is 5.82 Å². The van der Waals surface area contributed by atoms with E-state index < -0.39 is 0 Å². The highest BCUT2D eigenvalue weighted by molar-refractivity contribution is 9.09. The standard InChI is InChI=1S/C14H18BrF/c1-9-6-12(16)7-10(2)14(9)13(15)8-11-4-3-5-11/h6-7,11,13H,3-5,8H2,1-2H3. The minimum absolute atomic E-state index is 0.123. The molecule has 16 heavy (non-hydrogen) atoms. The van der Waals surface area contributed by atoms with Crippen molar-refractivity contribution in [2.45, 2.75) is 44.4 Å². The van der Waals surface area contributed by atoms with Gasteiger partial charge in [0.25, 0.3) is 0 Å². The van der Waals surface area contributed by atoms with Crippen LogP contribution < -0.4 is 0 Å². The first-order chi connectivity index (χ1) is 7.58.